The van der Waals surface area contributed by atoms with E-state index >= 15 is 0 Å². The molecule has 34 heavy (non-hydrogen) atoms. The lowest BCUT2D eigenvalue weighted by Crippen LogP contribution is -2.31. The van der Waals surface area contributed by atoms with Crippen LogP contribution in [-0.2, 0) is 19.9 Å². The molecule has 0 aliphatic heterocycles. The minimum atomic E-state index is -4.75. The van der Waals surface area contributed by atoms with Gasteiger partial charge in [-0.1, -0.05) is 24.3 Å². The fourth-order valence-electron chi connectivity index (χ4n) is 3.26. The molecule has 7 nitrogen and oxygen atoms in total. The molecule has 0 saturated carbocycles. The molecule has 0 radical (unpaired) electrons. The van der Waals surface area contributed by atoms with Gasteiger partial charge in [0, 0.05) is 17.8 Å². The van der Waals surface area contributed by atoms with Gasteiger partial charge in [-0.3, -0.25) is 9.10 Å². The maximum absolute atomic E-state index is 13.4. The number of halogens is 2. The first-order valence-corrected chi connectivity index (χ1v) is 13.1. The van der Waals surface area contributed by atoms with E-state index in [4.69, 9.17) is 0 Å². The second kappa shape index (κ2) is 9.90. The van der Waals surface area contributed by atoms with E-state index < -0.39 is 36.4 Å². The van der Waals surface area contributed by atoms with Crippen molar-refractivity contribution in [1.29, 1.82) is 0 Å². The number of sulfonamides is 1. The number of alkyl halides is 2. The van der Waals surface area contributed by atoms with E-state index in [0.717, 1.165) is 12.1 Å². The van der Waals surface area contributed by atoms with Crippen molar-refractivity contribution in [2.75, 3.05) is 16.2 Å². The van der Waals surface area contributed by atoms with Gasteiger partial charge in [-0.05, 0) is 67.9 Å². The van der Waals surface area contributed by atoms with Crippen LogP contribution < -0.4 is 9.62 Å². The molecule has 3 rings (SSSR count). The van der Waals surface area contributed by atoms with Crippen molar-refractivity contribution < 1.29 is 30.4 Å². The molecule has 0 unspecified atom stereocenters. The van der Waals surface area contributed by atoms with E-state index in [1.54, 1.807) is 44.2 Å². The van der Waals surface area contributed by atoms with E-state index in [2.05, 4.69) is 5.32 Å². The molecule has 11 heteroatoms. The highest BCUT2D eigenvalue weighted by Crippen LogP contribution is 2.27. The number of para-hydroxylation sites is 1. The average molecular weight is 509 g/mol. The summed E-state index contributed by atoms with van der Waals surface area (Å²) in [7, 11) is -8.73. The number of benzene rings is 3. The molecule has 0 spiro atoms. The first kappa shape index (κ1) is 25.3. The Labute approximate surface area is 197 Å². The van der Waals surface area contributed by atoms with E-state index in [0.29, 0.717) is 11.3 Å². The lowest BCUT2D eigenvalue weighted by Gasteiger charge is -2.24. The van der Waals surface area contributed by atoms with Gasteiger partial charge >= 0.3 is 5.76 Å². The molecule has 3 aromatic rings. The smallest absolute Gasteiger partial charge is 0.322 e. The van der Waals surface area contributed by atoms with Gasteiger partial charge in [0.05, 0.1) is 15.5 Å². The maximum atomic E-state index is 13.4. The van der Waals surface area contributed by atoms with Gasteiger partial charge in [0.1, 0.15) is 0 Å². The fourth-order valence-corrected chi connectivity index (χ4v) is 5.71. The summed E-state index contributed by atoms with van der Waals surface area (Å²) >= 11 is 0. The Balaban J connectivity index is 1.89. The van der Waals surface area contributed by atoms with Gasteiger partial charge in [-0.25, -0.2) is 16.8 Å². The highest BCUT2D eigenvalue weighted by molar-refractivity contribution is 7.93. The number of rotatable bonds is 8. The second-order valence-corrected chi connectivity index (χ2v) is 11.0. The summed E-state index contributed by atoms with van der Waals surface area (Å²) in [4.78, 5) is 12.1. The molecule has 180 valence electrons. The fraction of sp³-hybridized carbons (Fsp3) is 0.174. The van der Waals surface area contributed by atoms with Crippen LogP contribution in [0.5, 0.6) is 0 Å². The van der Waals surface area contributed by atoms with E-state index in [1.807, 2.05) is 0 Å². The van der Waals surface area contributed by atoms with Crippen LogP contribution >= 0.6 is 0 Å². The van der Waals surface area contributed by atoms with Crippen LogP contribution in [0.25, 0.3) is 0 Å². The summed E-state index contributed by atoms with van der Waals surface area (Å²) in [5.74, 6) is -4.21. The van der Waals surface area contributed by atoms with Crippen LogP contribution in [-0.4, -0.2) is 35.0 Å². The Hall–Kier alpha value is -3.31. The number of aryl methyl sites for hydroxylation is 1. The van der Waals surface area contributed by atoms with Crippen LogP contribution in [0.3, 0.4) is 0 Å². The minimum absolute atomic E-state index is 0.0378. The van der Waals surface area contributed by atoms with Crippen molar-refractivity contribution in [3.8, 4) is 0 Å². The first-order chi connectivity index (χ1) is 16.0. The molecule has 0 bridgehead atoms. The Morgan fingerprint density at radius 1 is 0.941 bits per heavy atom. The molecule has 0 fully saturated rings. The van der Waals surface area contributed by atoms with Gasteiger partial charge in [0.25, 0.3) is 15.9 Å². The molecular formula is C23H22F2N2O5S2. The van der Waals surface area contributed by atoms with Gasteiger partial charge in [-0.15, -0.1) is 0 Å². The third-order valence-electron chi connectivity index (χ3n) is 5.03. The van der Waals surface area contributed by atoms with Crippen molar-refractivity contribution in [1.82, 2.24) is 0 Å². The molecule has 0 atom stereocenters. The number of carbonyl (C=O) groups excluding carboxylic acids is 1. The average Bonchev–Trinajstić information content (AvgIpc) is 2.80. The molecular weight excluding hydrogens is 486 g/mol. The van der Waals surface area contributed by atoms with Gasteiger partial charge < -0.3 is 5.32 Å². The van der Waals surface area contributed by atoms with E-state index in [9.17, 15) is 30.4 Å². The molecule has 0 saturated heterocycles. The summed E-state index contributed by atoms with van der Waals surface area (Å²) in [6.07, 6.45) is 0. The van der Waals surface area contributed by atoms with Crippen molar-refractivity contribution in [3.63, 3.8) is 0 Å². The SMILES string of the molecule is CCN(c1ccccc1)S(=O)(=O)c1cc(C(=O)Nc2ccc(S(=O)(=O)C(F)F)cc2)ccc1C. The topological polar surface area (TPSA) is 101 Å². The normalized spacial score (nSPS) is 11.9. The standard InChI is InChI=1S/C23H22F2N2O5S2/c1-3-27(19-7-5-4-6-8-19)34(31,32)21-15-17(10-9-16(21)2)22(28)26-18-11-13-20(14-12-18)33(29,30)23(24)25/h4-15,23H,3H2,1-2H3,(H,26,28). The lowest BCUT2D eigenvalue weighted by molar-refractivity contribution is 0.102. The van der Waals surface area contributed by atoms with Gasteiger partial charge in [0.15, 0.2) is 0 Å². The minimum Gasteiger partial charge on any atom is -0.322 e. The summed E-state index contributed by atoms with van der Waals surface area (Å²) in [5.41, 5.74) is 1.14. The third kappa shape index (κ3) is 5.10. The monoisotopic (exact) mass is 508 g/mol. The Morgan fingerprint density at radius 2 is 1.56 bits per heavy atom. The predicted octanol–water partition coefficient (Wildman–Crippen LogP) is 4.46. The number of sulfone groups is 1. The van der Waals surface area contributed by atoms with Gasteiger partial charge in [-0.2, -0.15) is 8.78 Å². The van der Waals surface area contributed by atoms with Gasteiger partial charge in [0.2, 0.25) is 9.84 Å². The first-order valence-electron chi connectivity index (χ1n) is 10.1. The van der Waals surface area contributed by atoms with Crippen LogP contribution in [0.4, 0.5) is 20.2 Å². The number of anilines is 2. The zero-order valence-corrected chi connectivity index (χ0v) is 19.9. The van der Waals surface area contributed by atoms with Crippen molar-refractivity contribution in [3.05, 3.63) is 83.9 Å². The molecule has 0 aliphatic rings. The molecule has 0 aliphatic carbocycles. The molecule has 3 aromatic carbocycles. The van der Waals surface area contributed by atoms with E-state index in [-0.39, 0.29) is 22.7 Å². The lowest BCUT2D eigenvalue weighted by atomic mass is 10.1. The zero-order valence-electron chi connectivity index (χ0n) is 18.3. The van der Waals surface area contributed by atoms with Crippen molar-refractivity contribution in [2.45, 2.75) is 29.4 Å². The summed E-state index contributed by atoms with van der Waals surface area (Å²) < 4.78 is 76.4. The van der Waals surface area contributed by atoms with Crippen LogP contribution in [0.2, 0.25) is 0 Å². The number of carbonyl (C=O) groups is 1. The number of amides is 1. The van der Waals surface area contributed by atoms with Crippen LogP contribution in [0.1, 0.15) is 22.8 Å². The number of nitrogens with one attached hydrogen (secondary N) is 1. The Morgan fingerprint density at radius 3 is 2.12 bits per heavy atom. The number of hydrogen-bond donors (Lipinski definition) is 1. The predicted molar refractivity (Wildman–Crippen MR) is 125 cm³/mol. The Kier molecular flexibility index (Phi) is 7.37. The highest BCUT2D eigenvalue weighted by atomic mass is 32.2. The Bertz CT molecular complexity index is 1390. The van der Waals surface area contributed by atoms with Crippen LogP contribution in [0.15, 0.2) is 82.6 Å². The quantitative estimate of drug-likeness (QED) is 0.484. The highest BCUT2D eigenvalue weighted by Gasteiger charge is 2.27. The molecule has 0 heterocycles. The van der Waals surface area contributed by atoms with E-state index in [1.165, 1.54) is 34.6 Å². The summed E-state index contributed by atoms with van der Waals surface area (Å²) in [5, 5.41) is 2.51. The van der Waals surface area contributed by atoms with Crippen molar-refractivity contribution >= 4 is 37.1 Å². The second-order valence-electron chi connectivity index (χ2n) is 7.27. The van der Waals surface area contributed by atoms with Crippen LogP contribution in [0, 0.1) is 6.92 Å². The number of nitrogens with zero attached hydrogens (tertiary/aromatic N) is 1. The zero-order chi connectivity index (χ0) is 25.1. The molecule has 0 aromatic heterocycles. The largest absolute Gasteiger partial charge is 0.341 e. The van der Waals surface area contributed by atoms with Crippen molar-refractivity contribution in [2.24, 2.45) is 0 Å². The third-order valence-corrected chi connectivity index (χ3v) is 8.47. The number of hydrogen-bond acceptors (Lipinski definition) is 5. The molecule has 1 N–H and O–H groups in total. The summed E-state index contributed by atoms with van der Waals surface area (Å²) in [6.45, 7) is 3.50. The summed E-state index contributed by atoms with van der Waals surface area (Å²) in [6, 6.07) is 17.1. The maximum Gasteiger partial charge on any atom is 0.341 e. The molecule has 1 amide bonds.